The Morgan fingerprint density at radius 1 is 0.724 bits per heavy atom. The van der Waals surface area contributed by atoms with Crippen LogP contribution >= 0.6 is 8.53 Å². The fraction of sp³-hybridized carbons (Fsp3) is 0.541. The summed E-state index contributed by atoms with van der Waals surface area (Å²) in [5, 5.41) is 18.1. The summed E-state index contributed by atoms with van der Waals surface area (Å²) in [4.78, 5) is 90.7. The van der Waals surface area contributed by atoms with Gasteiger partial charge in [0, 0.05) is 77.7 Å². The van der Waals surface area contributed by atoms with Crippen molar-refractivity contribution in [3.05, 3.63) is 129 Å². The van der Waals surface area contributed by atoms with Gasteiger partial charge in [0.05, 0.1) is 39.9 Å². The van der Waals surface area contributed by atoms with E-state index in [0.29, 0.717) is 37.2 Å². The van der Waals surface area contributed by atoms with Gasteiger partial charge in [-0.05, 0) is 94.3 Å². The highest BCUT2D eigenvalue weighted by molar-refractivity contribution is 7.44. The summed E-state index contributed by atoms with van der Waals surface area (Å²) in [5.74, 6) is -2.00. The molecule has 10 atom stereocenters. The summed E-state index contributed by atoms with van der Waals surface area (Å²) < 4.78 is 71.1. The Morgan fingerprint density at radius 3 is 1.86 bits per heavy atom. The molecule has 0 radical (unpaired) electrons. The lowest BCUT2D eigenvalue weighted by Crippen LogP contribution is -2.66. The number of carbonyl (C=O) groups excluding carboxylic acids is 5. The molecule has 0 saturated carbocycles. The molecule has 3 aromatic carbocycles. The van der Waals surface area contributed by atoms with Gasteiger partial charge >= 0.3 is 29.6 Å². The van der Waals surface area contributed by atoms with Crippen molar-refractivity contribution in [1.29, 1.82) is 5.26 Å². The number of urea groups is 1. The predicted octanol–water partition coefficient (Wildman–Crippen LogP) is 6.27. The lowest BCUT2D eigenvalue weighted by molar-refractivity contribution is -0.277. The Hall–Kier alpha value is -7.27. The SMILES string of the molecule is COc1ccc(C(OC[C@H]2O[C@@H](n3ccc(=O)[nH]c3=O)[C@H](CCCNC(=O)NCCCCO[C@@H]3O[C@H](COC(C)=O)[C@H](OC(C)=O)[C@H](OC(C)=O)[C@H]3NC(C)=O)[C@@H]2OP(OCCC#N)N(C(C)C)C(C)C)(c2ccccc2)c2ccc(OC)cc2)cc1. The fourth-order valence-electron chi connectivity index (χ4n) is 10.6. The van der Waals surface area contributed by atoms with Gasteiger partial charge in [0.25, 0.3) is 14.1 Å². The number of aromatic amines is 1. The second-order valence-corrected chi connectivity index (χ2v) is 22.7. The van der Waals surface area contributed by atoms with Crippen LogP contribution in [0.25, 0.3) is 0 Å². The van der Waals surface area contributed by atoms with Gasteiger partial charge < -0.3 is 67.6 Å². The first-order valence-electron chi connectivity index (χ1n) is 28.9. The highest BCUT2D eigenvalue weighted by Gasteiger charge is 2.53. The monoisotopic (exact) mass is 1230 g/mol. The van der Waals surface area contributed by atoms with E-state index in [4.69, 9.17) is 51.7 Å². The molecule has 4 N–H and O–H groups in total. The van der Waals surface area contributed by atoms with Gasteiger partial charge in [-0.3, -0.25) is 33.5 Å². The molecular weight excluding hydrogens is 1150 g/mol. The standard InChI is InChI=1S/C61H82N7O18P/c1-38(2)68(39(3)4)87(81-35-17-30-62)86-54-49(20-16-32-64-59(74)63-31-14-15-34-78-58-53(65-40(5)69)56(83-43(8)72)55(82-42(7)71)50(85-58)36-79-41(6)70)57(67-33-29-52(73)66-60(67)75)84-51(54)37-80-61(44-18-12-11-13-19-44,45-21-25-47(76-9)26-22-45)46-23-27-48(77-10)28-24-46/h11-13,18-19,21-29,33,38-39,49-51,53-58H,14-17,20,31-32,34-37H2,1-10H3,(H,65,69)(H2,63,64,74)(H,66,73,75)/t49-,50-,51-,53-,54+,55+,56-,57-,58-,87?/m1/s1. The van der Waals surface area contributed by atoms with Gasteiger partial charge in [0.2, 0.25) is 5.91 Å². The maximum Gasteiger partial charge on any atom is 0.330 e. The molecule has 2 aliphatic heterocycles. The molecule has 87 heavy (non-hydrogen) atoms. The number of methoxy groups -OCH3 is 2. The van der Waals surface area contributed by atoms with Crippen molar-refractivity contribution < 1.29 is 75.7 Å². The molecule has 6 rings (SSSR count). The number of unbranched alkanes of at least 4 members (excludes halogenated alkanes) is 1. The molecule has 3 heterocycles. The van der Waals surface area contributed by atoms with Gasteiger partial charge in [0.1, 0.15) is 54.3 Å². The average Bonchev–Trinajstić information content (AvgIpc) is 2.82. The largest absolute Gasteiger partial charge is 0.497 e. The van der Waals surface area contributed by atoms with Crippen LogP contribution in [-0.2, 0) is 67.0 Å². The Morgan fingerprint density at radius 2 is 1.31 bits per heavy atom. The van der Waals surface area contributed by atoms with Crippen LogP contribution in [0.15, 0.2) is 101 Å². The molecule has 474 valence electrons. The van der Waals surface area contributed by atoms with Crippen LogP contribution in [0.5, 0.6) is 11.5 Å². The summed E-state index contributed by atoms with van der Waals surface area (Å²) in [6, 6.07) is 26.6. The highest BCUT2D eigenvalue weighted by Crippen LogP contribution is 2.53. The number of aromatic nitrogens is 2. The third kappa shape index (κ3) is 19.1. The van der Waals surface area contributed by atoms with E-state index >= 15 is 0 Å². The minimum absolute atomic E-state index is 0.0432. The number of benzene rings is 3. The molecule has 1 aromatic heterocycles. The lowest BCUT2D eigenvalue weighted by atomic mass is 9.80. The molecular formula is C61H82N7O18P. The van der Waals surface area contributed by atoms with Gasteiger partial charge in [-0.2, -0.15) is 5.26 Å². The summed E-state index contributed by atoms with van der Waals surface area (Å²) in [6.07, 6.45) is -4.78. The maximum absolute atomic E-state index is 13.8. The molecule has 0 aliphatic carbocycles. The molecule has 2 aliphatic rings. The van der Waals surface area contributed by atoms with Crippen molar-refractivity contribution >= 4 is 38.4 Å². The van der Waals surface area contributed by atoms with Gasteiger partial charge in [-0.1, -0.05) is 54.6 Å². The first-order chi connectivity index (χ1) is 41.7. The number of hydrogen-bond acceptors (Lipinski definition) is 20. The molecule has 2 fully saturated rings. The van der Waals surface area contributed by atoms with E-state index < -0.39 is 110 Å². The summed E-state index contributed by atoms with van der Waals surface area (Å²) >= 11 is 0. The quantitative estimate of drug-likeness (QED) is 0.0138. The van der Waals surface area contributed by atoms with Crippen LogP contribution in [0, 0.1) is 17.2 Å². The minimum atomic E-state index is -1.92. The smallest absolute Gasteiger partial charge is 0.330 e. The lowest BCUT2D eigenvalue weighted by Gasteiger charge is -2.44. The number of nitrogens with zero attached hydrogens (tertiary/aromatic N) is 3. The molecule has 26 heteroatoms. The topological polar surface area (TPSA) is 305 Å². The van der Waals surface area contributed by atoms with E-state index in [0.717, 1.165) is 30.5 Å². The Labute approximate surface area is 507 Å². The zero-order valence-electron chi connectivity index (χ0n) is 50.9. The van der Waals surface area contributed by atoms with Gasteiger partial charge in [-0.15, -0.1) is 0 Å². The third-order valence-corrected chi connectivity index (χ3v) is 16.4. The van der Waals surface area contributed by atoms with Crippen molar-refractivity contribution in [2.24, 2.45) is 5.92 Å². The molecule has 0 spiro atoms. The van der Waals surface area contributed by atoms with Crippen molar-refractivity contribution in [3.8, 4) is 17.6 Å². The van der Waals surface area contributed by atoms with Crippen LogP contribution in [0.2, 0.25) is 0 Å². The highest BCUT2D eigenvalue weighted by atomic mass is 31.2. The number of nitrogens with one attached hydrogen (secondary N) is 4. The van der Waals surface area contributed by atoms with E-state index in [1.807, 2.05) is 107 Å². The summed E-state index contributed by atoms with van der Waals surface area (Å²) in [5.41, 5.74) is -0.293. The number of hydrogen-bond donors (Lipinski definition) is 4. The zero-order valence-corrected chi connectivity index (χ0v) is 51.8. The van der Waals surface area contributed by atoms with Crippen molar-refractivity contribution in [3.63, 3.8) is 0 Å². The second kappa shape index (κ2) is 33.7. The summed E-state index contributed by atoms with van der Waals surface area (Å²) in [7, 11) is 1.27. The van der Waals surface area contributed by atoms with Crippen molar-refractivity contribution in [2.45, 2.75) is 154 Å². The molecule has 1 unspecified atom stereocenters. The number of H-pyrrole nitrogens is 1. The number of esters is 3. The van der Waals surface area contributed by atoms with Gasteiger partial charge in [0.15, 0.2) is 18.5 Å². The average molecular weight is 1230 g/mol. The maximum atomic E-state index is 13.8. The second-order valence-electron chi connectivity index (χ2n) is 21.3. The van der Waals surface area contributed by atoms with Crippen molar-refractivity contribution in [2.75, 3.05) is 53.7 Å². The normalized spacial score (nSPS) is 21.4. The molecule has 3 amide bonds. The predicted molar refractivity (Wildman–Crippen MR) is 317 cm³/mol. The molecule has 0 bridgehead atoms. The van der Waals surface area contributed by atoms with Crippen molar-refractivity contribution in [1.82, 2.24) is 30.2 Å². The van der Waals surface area contributed by atoms with E-state index in [9.17, 15) is 38.8 Å². The van der Waals surface area contributed by atoms with Crippen LogP contribution in [0.1, 0.15) is 110 Å². The number of nitriles is 1. The Bertz CT molecular complexity index is 2960. The number of rotatable bonds is 32. The number of ether oxygens (including phenoxy) is 9. The summed E-state index contributed by atoms with van der Waals surface area (Å²) in [6.45, 7) is 12.8. The Balaban J connectivity index is 1.23. The minimum Gasteiger partial charge on any atom is -0.497 e. The van der Waals surface area contributed by atoms with Gasteiger partial charge in [-0.25, -0.2) is 14.3 Å². The van der Waals surface area contributed by atoms with E-state index in [1.54, 1.807) is 14.2 Å². The first-order valence-corrected chi connectivity index (χ1v) is 30.1. The molecule has 2 saturated heterocycles. The third-order valence-electron chi connectivity index (χ3n) is 14.3. The fourth-order valence-corrected chi connectivity index (χ4v) is 12.4. The van der Waals surface area contributed by atoms with Crippen LogP contribution in [-0.4, -0.2) is 153 Å². The molecule has 4 aromatic rings. The van der Waals surface area contributed by atoms with Crippen LogP contribution in [0.3, 0.4) is 0 Å². The first kappa shape index (κ1) is 68.8. The zero-order chi connectivity index (χ0) is 63.2. The van der Waals surface area contributed by atoms with Crippen LogP contribution in [0.4, 0.5) is 4.79 Å². The van der Waals surface area contributed by atoms with E-state index in [1.165, 1.54) is 30.7 Å². The number of amides is 3. The number of carbonyl (C=O) groups is 5. The Kier molecular flexibility index (Phi) is 26.7. The van der Waals surface area contributed by atoms with E-state index in [2.05, 4.69) is 31.7 Å². The van der Waals surface area contributed by atoms with Crippen LogP contribution < -0.4 is 36.7 Å². The van der Waals surface area contributed by atoms with E-state index in [-0.39, 0.29) is 58.0 Å². The molecule has 25 nitrogen and oxygen atoms in total.